The molecule has 0 aliphatic rings. The molecule has 0 aliphatic carbocycles. The summed E-state index contributed by atoms with van der Waals surface area (Å²) in [6.07, 6.45) is -2.40. The highest BCUT2D eigenvalue weighted by molar-refractivity contribution is 6.31. The van der Waals surface area contributed by atoms with E-state index >= 15 is 0 Å². The molecule has 1 rings (SSSR count). The number of hydrogen-bond donors (Lipinski definition) is 0. The minimum Gasteiger partial charge on any atom is -0.259 e. The Morgan fingerprint density at radius 3 is 2.62 bits per heavy atom. The Bertz CT molecular complexity index is 410. The van der Waals surface area contributed by atoms with Crippen molar-refractivity contribution in [3.8, 4) is 6.07 Å². The number of alkyl halides is 3. The number of halogens is 4. The highest BCUT2D eigenvalue weighted by atomic mass is 35.5. The quantitative estimate of drug-likeness (QED) is 0.767. The van der Waals surface area contributed by atoms with Crippen LogP contribution in [0.3, 0.4) is 0 Å². The first-order chi connectivity index (χ1) is 7.45. The average Bonchev–Trinajstić information content (AvgIpc) is 2.19. The van der Waals surface area contributed by atoms with Gasteiger partial charge in [0.05, 0.1) is 22.3 Å². The number of unbranched alkanes of at least 4 members (excludes halogenated alkanes) is 1. The third kappa shape index (κ3) is 3.38. The average molecular weight is 249 g/mol. The molecule has 0 saturated carbocycles. The van der Waals surface area contributed by atoms with Gasteiger partial charge < -0.3 is 0 Å². The Balaban J connectivity index is 2.80. The van der Waals surface area contributed by atoms with Crippen molar-refractivity contribution < 1.29 is 13.2 Å². The van der Waals surface area contributed by atoms with E-state index < -0.39 is 11.7 Å². The number of nitriles is 1. The van der Waals surface area contributed by atoms with Crippen LogP contribution in [0.5, 0.6) is 0 Å². The van der Waals surface area contributed by atoms with Crippen molar-refractivity contribution in [2.75, 3.05) is 0 Å². The lowest BCUT2D eigenvalue weighted by atomic mass is 10.1. The molecular weight excluding hydrogens is 241 g/mol. The molecule has 0 N–H and O–H groups in total. The van der Waals surface area contributed by atoms with Gasteiger partial charge in [-0.15, -0.1) is 0 Å². The van der Waals surface area contributed by atoms with Gasteiger partial charge in [0.25, 0.3) is 0 Å². The first-order valence-corrected chi connectivity index (χ1v) is 4.91. The maximum absolute atomic E-state index is 12.3. The van der Waals surface area contributed by atoms with E-state index in [-0.39, 0.29) is 5.02 Å². The monoisotopic (exact) mass is 248 g/mol. The van der Waals surface area contributed by atoms with Crippen molar-refractivity contribution in [1.29, 1.82) is 5.26 Å². The Kier molecular flexibility index (Phi) is 4.13. The van der Waals surface area contributed by atoms with Crippen LogP contribution in [0.4, 0.5) is 13.2 Å². The SMILES string of the molecule is N#CCCCc1ncc(C(F)(F)F)cc1Cl. The van der Waals surface area contributed by atoms with Crippen LogP contribution >= 0.6 is 11.6 Å². The first-order valence-electron chi connectivity index (χ1n) is 4.53. The Morgan fingerprint density at radius 1 is 1.44 bits per heavy atom. The topological polar surface area (TPSA) is 36.7 Å². The number of aryl methyl sites for hydroxylation is 1. The van der Waals surface area contributed by atoms with E-state index in [1.54, 1.807) is 0 Å². The van der Waals surface area contributed by atoms with Crippen LogP contribution in [0.15, 0.2) is 12.3 Å². The fraction of sp³-hybridized carbons (Fsp3) is 0.400. The molecule has 0 fully saturated rings. The first kappa shape index (κ1) is 12.8. The molecule has 1 heterocycles. The predicted molar refractivity (Wildman–Crippen MR) is 52.8 cm³/mol. The van der Waals surface area contributed by atoms with E-state index in [1.807, 2.05) is 6.07 Å². The molecule has 0 radical (unpaired) electrons. The third-order valence-electron chi connectivity index (χ3n) is 1.95. The molecule has 0 atom stereocenters. The molecule has 0 bridgehead atoms. The highest BCUT2D eigenvalue weighted by Crippen LogP contribution is 2.31. The zero-order valence-corrected chi connectivity index (χ0v) is 8.94. The van der Waals surface area contributed by atoms with Gasteiger partial charge in [0.1, 0.15) is 0 Å². The zero-order chi connectivity index (χ0) is 12.2. The lowest BCUT2D eigenvalue weighted by Crippen LogP contribution is -2.06. The molecule has 6 heteroatoms. The van der Waals surface area contributed by atoms with E-state index in [1.165, 1.54) is 0 Å². The van der Waals surface area contributed by atoms with E-state index in [2.05, 4.69) is 4.98 Å². The van der Waals surface area contributed by atoms with Crippen molar-refractivity contribution >= 4 is 11.6 Å². The lowest BCUT2D eigenvalue weighted by molar-refractivity contribution is -0.137. The molecule has 0 aromatic carbocycles. The molecule has 86 valence electrons. The van der Waals surface area contributed by atoms with Crippen LogP contribution < -0.4 is 0 Å². The molecular formula is C10H8ClF3N2. The second kappa shape index (κ2) is 5.17. The highest BCUT2D eigenvalue weighted by Gasteiger charge is 2.31. The summed E-state index contributed by atoms with van der Waals surface area (Å²) in [7, 11) is 0. The summed E-state index contributed by atoms with van der Waals surface area (Å²) >= 11 is 5.67. The fourth-order valence-electron chi connectivity index (χ4n) is 1.14. The van der Waals surface area contributed by atoms with Gasteiger partial charge in [-0.3, -0.25) is 4.98 Å². The Hall–Kier alpha value is -1.28. The molecule has 0 aliphatic heterocycles. The van der Waals surface area contributed by atoms with Crippen molar-refractivity contribution in [2.24, 2.45) is 0 Å². The standard InChI is InChI=1S/C10H8ClF3N2/c11-8-5-7(10(12,13)14)6-16-9(8)3-1-2-4-15/h5-6H,1-3H2. The van der Waals surface area contributed by atoms with Crippen molar-refractivity contribution in [3.05, 3.63) is 28.5 Å². The van der Waals surface area contributed by atoms with E-state index in [0.717, 1.165) is 12.3 Å². The number of nitrogens with zero attached hydrogens (tertiary/aromatic N) is 2. The van der Waals surface area contributed by atoms with Gasteiger partial charge in [0, 0.05) is 12.6 Å². The summed E-state index contributed by atoms with van der Waals surface area (Å²) < 4.78 is 36.8. The maximum Gasteiger partial charge on any atom is 0.417 e. The molecule has 1 aromatic heterocycles. The van der Waals surface area contributed by atoms with Gasteiger partial charge in [-0.2, -0.15) is 18.4 Å². The smallest absolute Gasteiger partial charge is 0.259 e. The van der Waals surface area contributed by atoms with E-state index in [9.17, 15) is 13.2 Å². The Labute approximate surface area is 95.7 Å². The van der Waals surface area contributed by atoms with Crippen molar-refractivity contribution in [3.63, 3.8) is 0 Å². The summed E-state index contributed by atoms with van der Waals surface area (Å²) in [6, 6.07) is 2.80. The largest absolute Gasteiger partial charge is 0.417 e. The van der Waals surface area contributed by atoms with Crippen molar-refractivity contribution in [1.82, 2.24) is 4.98 Å². The maximum atomic E-state index is 12.3. The third-order valence-corrected chi connectivity index (χ3v) is 2.27. The molecule has 0 unspecified atom stereocenters. The zero-order valence-electron chi connectivity index (χ0n) is 8.18. The molecule has 0 amide bonds. The summed E-state index contributed by atoms with van der Waals surface area (Å²) in [5, 5.41) is 8.31. The van der Waals surface area contributed by atoms with Gasteiger partial charge in [-0.25, -0.2) is 0 Å². The lowest BCUT2D eigenvalue weighted by Gasteiger charge is -2.08. The van der Waals surface area contributed by atoms with Crippen LogP contribution in [0.1, 0.15) is 24.1 Å². The molecule has 0 saturated heterocycles. The number of aromatic nitrogens is 1. The summed E-state index contributed by atoms with van der Waals surface area (Å²) in [6.45, 7) is 0. The molecule has 16 heavy (non-hydrogen) atoms. The second-order valence-corrected chi connectivity index (χ2v) is 3.57. The van der Waals surface area contributed by atoms with Crippen LogP contribution in [0, 0.1) is 11.3 Å². The van der Waals surface area contributed by atoms with Gasteiger partial charge >= 0.3 is 6.18 Å². The van der Waals surface area contributed by atoms with Gasteiger partial charge in [0.2, 0.25) is 0 Å². The van der Waals surface area contributed by atoms with E-state index in [4.69, 9.17) is 16.9 Å². The van der Waals surface area contributed by atoms with E-state index in [0.29, 0.717) is 25.0 Å². The van der Waals surface area contributed by atoms with Crippen LogP contribution in [-0.2, 0) is 12.6 Å². The molecule has 1 aromatic rings. The predicted octanol–water partition coefficient (Wildman–Crippen LogP) is 3.60. The van der Waals surface area contributed by atoms with Crippen molar-refractivity contribution in [2.45, 2.75) is 25.4 Å². The molecule has 0 spiro atoms. The Morgan fingerprint density at radius 2 is 2.12 bits per heavy atom. The summed E-state index contributed by atoms with van der Waals surface area (Å²) in [4.78, 5) is 3.66. The number of pyridine rings is 1. The fourth-order valence-corrected chi connectivity index (χ4v) is 1.40. The van der Waals surface area contributed by atoms with Crippen LogP contribution in [0.25, 0.3) is 0 Å². The van der Waals surface area contributed by atoms with Crippen LogP contribution in [0.2, 0.25) is 5.02 Å². The van der Waals surface area contributed by atoms with Gasteiger partial charge in [0.15, 0.2) is 0 Å². The van der Waals surface area contributed by atoms with Crippen LogP contribution in [-0.4, -0.2) is 4.98 Å². The minimum atomic E-state index is -4.43. The number of hydrogen-bond acceptors (Lipinski definition) is 2. The normalized spacial score (nSPS) is 11.2. The van der Waals surface area contributed by atoms with Gasteiger partial charge in [-0.05, 0) is 18.9 Å². The summed E-state index contributed by atoms with van der Waals surface area (Å²) in [5.41, 5.74) is -0.466. The minimum absolute atomic E-state index is 0.00670. The number of rotatable bonds is 3. The molecule has 2 nitrogen and oxygen atoms in total. The van der Waals surface area contributed by atoms with Gasteiger partial charge in [-0.1, -0.05) is 11.6 Å². The second-order valence-electron chi connectivity index (χ2n) is 3.16. The summed E-state index contributed by atoms with van der Waals surface area (Å²) in [5.74, 6) is 0.